The third-order valence-electron chi connectivity index (χ3n) is 2.40. The summed E-state index contributed by atoms with van der Waals surface area (Å²) in [5.41, 5.74) is 6.44. The first-order valence-electron chi connectivity index (χ1n) is 5.22. The van der Waals surface area contributed by atoms with Gasteiger partial charge in [0.1, 0.15) is 5.82 Å². The zero-order valence-electron chi connectivity index (χ0n) is 9.07. The molecule has 0 radical (unpaired) electrons. The summed E-state index contributed by atoms with van der Waals surface area (Å²) in [5, 5.41) is 5.00. The number of benzene rings is 1. The van der Waals surface area contributed by atoms with E-state index in [0.29, 0.717) is 11.6 Å². The first-order chi connectivity index (χ1) is 7.69. The molecule has 2 rings (SSSR count). The number of anilines is 1. The number of pyridine rings is 1. The summed E-state index contributed by atoms with van der Waals surface area (Å²) in [4.78, 5) is 4.47. The highest BCUT2D eigenvalue weighted by Gasteiger charge is 2.02. The SMILES string of the molecule is CC(CN)Nc1ccc2ccc(Cl)cc2n1. The van der Waals surface area contributed by atoms with Crippen LogP contribution in [0, 0.1) is 0 Å². The van der Waals surface area contributed by atoms with Crippen molar-refractivity contribution in [2.24, 2.45) is 5.73 Å². The molecule has 1 heterocycles. The number of halogens is 1. The van der Waals surface area contributed by atoms with Gasteiger partial charge in [0.2, 0.25) is 0 Å². The van der Waals surface area contributed by atoms with Gasteiger partial charge in [-0.1, -0.05) is 17.7 Å². The summed E-state index contributed by atoms with van der Waals surface area (Å²) in [7, 11) is 0. The molecule has 0 aliphatic rings. The Morgan fingerprint density at radius 1 is 1.38 bits per heavy atom. The van der Waals surface area contributed by atoms with E-state index in [2.05, 4.69) is 10.3 Å². The minimum absolute atomic E-state index is 0.212. The van der Waals surface area contributed by atoms with Gasteiger partial charge in [0.25, 0.3) is 0 Å². The predicted molar refractivity (Wildman–Crippen MR) is 68.9 cm³/mol. The van der Waals surface area contributed by atoms with Crippen molar-refractivity contribution in [1.82, 2.24) is 4.98 Å². The van der Waals surface area contributed by atoms with Gasteiger partial charge < -0.3 is 11.1 Å². The monoisotopic (exact) mass is 235 g/mol. The number of hydrogen-bond acceptors (Lipinski definition) is 3. The van der Waals surface area contributed by atoms with Gasteiger partial charge >= 0.3 is 0 Å². The van der Waals surface area contributed by atoms with Crippen LogP contribution in [0.2, 0.25) is 5.02 Å². The second kappa shape index (κ2) is 4.68. The molecule has 0 fully saturated rings. The molecule has 1 aromatic heterocycles. The smallest absolute Gasteiger partial charge is 0.126 e. The number of nitrogens with zero attached hydrogens (tertiary/aromatic N) is 1. The van der Waals surface area contributed by atoms with E-state index in [0.717, 1.165) is 16.7 Å². The highest BCUT2D eigenvalue weighted by Crippen LogP contribution is 2.19. The molecule has 1 atom stereocenters. The summed E-state index contributed by atoms with van der Waals surface area (Å²) in [6.07, 6.45) is 0. The maximum atomic E-state index is 5.92. The van der Waals surface area contributed by atoms with E-state index < -0.39 is 0 Å². The minimum Gasteiger partial charge on any atom is -0.366 e. The molecule has 1 unspecified atom stereocenters. The molecular weight excluding hydrogens is 222 g/mol. The molecule has 0 aliphatic heterocycles. The fourth-order valence-electron chi connectivity index (χ4n) is 1.48. The number of hydrogen-bond donors (Lipinski definition) is 2. The number of aromatic nitrogens is 1. The van der Waals surface area contributed by atoms with E-state index in [1.807, 2.05) is 37.3 Å². The summed E-state index contributed by atoms with van der Waals surface area (Å²) in [6.45, 7) is 2.60. The van der Waals surface area contributed by atoms with Gasteiger partial charge in [0.15, 0.2) is 0 Å². The molecule has 0 amide bonds. The van der Waals surface area contributed by atoms with E-state index >= 15 is 0 Å². The van der Waals surface area contributed by atoms with Crippen molar-refractivity contribution in [3.8, 4) is 0 Å². The van der Waals surface area contributed by atoms with Gasteiger partial charge in [-0.15, -0.1) is 0 Å². The lowest BCUT2D eigenvalue weighted by atomic mass is 10.2. The number of nitrogens with one attached hydrogen (secondary N) is 1. The average Bonchev–Trinajstić information content (AvgIpc) is 2.28. The molecule has 0 bridgehead atoms. The molecule has 0 saturated heterocycles. The Bertz CT molecular complexity index is 499. The first kappa shape index (κ1) is 11.2. The summed E-state index contributed by atoms with van der Waals surface area (Å²) < 4.78 is 0. The van der Waals surface area contributed by atoms with Gasteiger partial charge in [0.05, 0.1) is 5.52 Å². The highest BCUT2D eigenvalue weighted by molar-refractivity contribution is 6.31. The molecule has 2 aromatic rings. The Kier molecular flexibility index (Phi) is 3.27. The summed E-state index contributed by atoms with van der Waals surface area (Å²) in [6, 6.07) is 9.85. The fourth-order valence-corrected chi connectivity index (χ4v) is 1.65. The Morgan fingerprint density at radius 2 is 2.12 bits per heavy atom. The first-order valence-corrected chi connectivity index (χ1v) is 5.60. The second-order valence-electron chi connectivity index (χ2n) is 3.81. The van der Waals surface area contributed by atoms with Crippen LogP contribution in [-0.2, 0) is 0 Å². The van der Waals surface area contributed by atoms with E-state index in [1.54, 1.807) is 0 Å². The molecule has 3 N–H and O–H groups in total. The number of rotatable bonds is 3. The van der Waals surface area contributed by atoms with Crippen LogP contribution in [-0.4, -0.2) is 17.6 Å². The van der Waals surface area contributed by atoms with Crippen molar-refractivity contribution in [3.05, 3.63) is 35.4 Å². The zero-order chi connectivity index (χ0) is 11.5. The third-order valence-corrected chi connectivity index (χ3v) is 2.64. The van der Waals surface area contributed by atoms with Gasteiger partial charge in [0, 0.05) is 23.0 Å². The largest absolute Gasteiger partial charge is 0.366 e. The molecule has 1 aromatic carbocycles. The van der Waals surface area contributed by atoms with Crippen molar-refractivity contribution < 1.29 is 0 Å². The molecular formula is C12H14ClN3. The lowest BCUT2D eigenvalue weighted by Gasteiger charge is -2.12. The zero-order valence-corrected chi connectivity index (χ0v) is 9.83. The molecule has 16 heavy (non-hydrogen) atoms. The van der Waals surface area contributed by atoms with Crippen LogP contribution >= 0.6 is 11.6 Å². The van der Waals surface area contributed by atoms with Crippen LogP contribution < -0.4 is 11.1 Å². The minimum atomic E-state index is 0.212. The maximum Gasteiger partial charge on any atom is 0.126 e. The van der Waals surface area contributed by atoms with Crippen molar-refractivity contribution >= 4 is 28.3 Å². The number of fused-ring (bicyclic) bond motifs is 1. The predicted octanol–water partition coefficient (Wildman–Crippen LogP) is 2.65. The van der Waals surface area contributed by atoms with E-state index in [9.17, 15) is 0 Å². The Morgan fingerprint density at radius 3 is 2.88 bits per heavy atom. The highest BCUT2D eigenvalue weighted by atomic mass is 35.5. The Hall–Kier alpha value is -1.32. The topological polar surface area (TPSA) is 50.9 Å². The number of nitrogens with two attached hydrogens (primary N) is 1. The summed E-state index contributed by atoms with van der Waals surface area (Å²) >= 11 is 5.92. The van der Waals surface area contributed by atoms with E-state index in [4.69, 9.17) is 17.3 Å². The van der Waals surface area contributed by atoms with Gasteiger partial charge in [-0.25, -0.2) is 4.98 Å². The molecule has 84 valence electrons. The Labute approximate surface area is 99.6 Å². The molecule has 0 spiro atoms. The van der Waals surface area contributed by atoms with Crippen LogP contribution in [0.4, 0.5) is 5.82 Å². The molecule has 4 heteroatoms. The van der Waals surface area contributed by atoms with Crippen LogP contribution in [0.5, 0.6) is 0 Å². The lowest BCUT2D eigenvalue weighted by molar-refractivity contribution is 0.799. The van der Waals surface area contributed by atoms with Gasteiger partial charge in [-0.05, 0) is 31.2 Å². The van der Waals surface area contributed by atoms with Crippen molar-refractivity contribution in [1.29, 1.82) is 0 Å². The van der Waals surface area contributed by atoms with Gasteiger partial charge in [-0.2, -0.15) is 0 Å². The quantitative estimate of drug-likeness (QED) is 0.860. The van der Waals surface area contributed by atoms with Crippen LogP contribution in [0.15, 0.2) is 30.3 Å². The normalized spacial score (nSPS) is 12.7. The average molecular weight is 236 g/mol. The Balaban J connectivity index is 2.35. The fraction of sp³-hybridized carbons (Fsp3) is 0.250. The summed E-state index contributed by atoms with van der Waals surface area (Å²) in [5.74, 6) is 0.827. The second-order valence-corrected chi connectivity index (χ2v) is 4.25. The van der Waals surface area contributed by atoms with E-state index in [1.165, 1.54) is 0 Å². The molecule has 3 nitrogen and oxygen atoms in total. The standard InChI is InChI=1S/C12H14ClN3/c1-8(7-14)15-12-5-3-9-2-4-10(13)6-11(9)16-12/h2-6,8H,7,14H2,1H3,(H,15,16). The molecule has 0 saturated carbocycles. The van der Waals surface area contributed by atoms with Crippen LogP contribution in [0.3, 0.4) is 0 Å². The van der Waals surface area contributed by atoms with Crippen molar-refractivity contribution in [2.75, 3.05) is 11.9 Å². The molecule has 0 aliphatic carbocycles. The van der Waals surface area contributed by atoms with Crippen LogP contribution in [0.1, 0.15) is 6.92 Å². The van der Waals surface area contributed by atoms with Crippen LogP contribution in [0.25, 0.3) is 10.9 Å². The van der Waals surface area contributed by atoms with E-state index in [-0.39, 0.29) is 6.04 Å². The van der Waals surface area contributed by atoms with Crippen molar-refractivity contribution in [2.45, 2.75) is 13.0 Å². The maximum absolute atomic E-state index is 5.92. The van der Waals surface area contributed by atoms with Gasteiger partial charge in [-0.3, -0.25) is 0 Å². The lowest BCUT2D eigenvalue weighted by Crippen LogP contribution is -2.25. The van der Waals surface area contributed by atoms with Crippen molar-refractivity contribution in [3.63, 3.8) is 0 Å². The third kappa shape index (κ3) is 2.43.